The van der Waals surface area contributed by atoms with E-state index in [1.165, 1.54) is 33.6 Å². The molecule has 0 bridgehead atoms. The van der Waals surface area contributed by atoms with Crippen LogP contribution in [0.2, 0.25) is 0 Å². The van der Waals surface area contributed by atoms with Gasteiger partial charge in [-0.3, -0.25) is 0 Å². The van der Waals surface area contributed by atoms with Gasteiger partial charge in [0.2, 0.25) is 0 Å². The molecule has 106 valence electrons. The van der Waals surface area contributed by atoms with Crippen molar-refractivity contribution >= 4 is 15.0 Å². The normalized spacial score (nSPS) is 10.9. The Morgan fingerprint density at radius 1 is 0.619 bits per heavy atom. The molecular weight excluding hydrogens is 323 g/mol. The van der Waals surface area contributed by atoms with Crippen LogP contribution in [0.1, 0.15) is 22.3 Å². The van der Waals surface area contributed by atoms with Crippen molar-refractivity contribution in [3.05, 3.63) is 71.0 Å². The standard InChI is InChI=1S/C18H20N2Se/c1-13-7-5-8-14(2)17(13)19-11-12-20(21-19)18-15(3)9-6-10-16(18)4/h5-12H,1-4H3/q+2. The van der Waals surface area contributed by atoms with Gasteiger partial charge in [0.1, 0.15) is 0 Å². The molecule has 0 saturated carbocycles. The van der Waals surface area contributed by atoms with Gasteiger partial charge in [0.15, 0.2) is 0 Å². The second-order valence-corrected chi connectivity index (χ2v) is 7.51. The summed E-state index contributed by atoms with van der Waals surface area (Å²) in [6, 6.07) is 13.0. The first-order valence-electron chi connectivity index (χ1n) is 7.15. The van der Waals surface area contributed by atoms with E-state index in [1.54, 1.807) is 0 Å². The van der Waals surface area contributed by atoms with Crippen LogP contribution in [-0.2, 0) is 0 Å². The summed E-state index contributed by atoms with van der Waals surface area (Å²) in [7, 11) is 0. The zero-order chi connectivity index (χ0) is 15.0. The van der Waals surface area contributed by atoms with E-state index in [4.69, 9.17) is 0 Å². The number of para-hydroxylation sites is 2. The van der Waals surface area contributed by atoms with E-state index in [9.17, 15) is 0 Å². The average molecular weight is 343 g/mol. The number of hydrogen-bond acceptors (Lipinski definition) is 0. The van der Waals surface area contributed by atoms with Crippen molar-refractivity contribution in [2.24, 2.45) is 0 Å². The second kappa shape index (κ2) is 5.59. The summed E-state index contributed by atoms with van der Waals surface area (Å²) < 4.78 is 4.78. The zero-order valence-corrected chi connectivity index (χ0v) is 14.6. The molecule has 3 rings (SSSR count). The minimum absolute atomic E-state index is 0.230. The van der Waals surface area contributed by atoms with Gasteiger partial charge in [-0.2, -0.15) is 0 Å². The Morgan fingerprint density at radius 2 is 0.952 bits per heavy atom. The van der Waals surface area contributed by atoms with Gasteiger partial charge in [0, 0.05) is 0 Å². The Hall–Kier alpha value is -1.70. The van der Waals surface area contributed by atoms with Gasteiger partial charge in [0.25, 0.3) is 0 Å². The van der Waals surface area contributed by atoms with Crippen molar-refractivity contribution < 1.29 is 7.12 Å². The fourth-order valence-electron chi connectivity index (χ4n) is 2.81. The van der Waals surface area contributed by atoms with Crippen LogP contribution in [0.15, 0.2) is 48.8 Å². The molecule has 0 spiro atoms. The van der Waals surface area contributed by atoms with Crippen LogP contribution < -0.4 is 7.12 Å². The Bertz CT molecular complexity index is 696. The molecule has 0 atom stereocenters. The first-order valence-corrected chi connectivity index (χ1v) is 8.68. The zero-order valence-electron chi connectivity index (χ0n) is 12.9. The molecule has 2 aromatic carbocycles. The van der Waals surface area contributed by atoms with Crippen molar-refractivity contribution in [3.8, 4) is 11.4 Å². The molecule has 0 aliphatic rings. The monoisotopic (exact) mass is 344 g/mol. The van der Waals surface area contributed by atoms with E-state index in [2.05, 4.69) is 83.6 Å². The summed E-state index contributed by atoms with van der Waals surface area (Å²) in [5.74, 6) is 0. The molecule has 0 saturated heterocycles. The average Bonchev–Trinajstić information content (AvgIpc) is 2.87. The first kappa shape index (κ1) is 14.2. The molecule has 3 aromatic rings. The number of aromatic nitrogens is 2. The molecule has 0 radical (unpaired) electrons. The van der Waals surface area contributed by atoms with Crippen LogP contribution in [0, 0.1) is 27.7 Å². The molecule has 0 fully saturated rings. The third-order valence-electron chi connectivity index (χ3n) is 3.83. The van der Waals surface area contributed by atoms with Crippen LogP contribution in [0.5, 0.6) is 0 Å². The van der Waals surface area contributed by atoms with Gasteiger partial charge >= 0.3 is 132 Å². The van der Waals surface area contributed by atoms with Gasteiger partial charge in [-0.25, -0.2) is 0 Å². The third kappa shape index (κ3) is 2.59. The molecule has 1 aromatic heterocycles. The second-order valence-electron chi connectivity index (χ2n) is 5.51. The number of aryl methyl sites for hydroxylation is 4. The Kier molecular flexibility index (Phi) is 3.79. The Morgan fingerprint density at radius 3 is 1.29 bits per heavy atom. The number of rotatable bonds is 2. The summed E-state index contributed by atoms with van der Waals surface area (Å²) in [6.07, 6.45) is 4.42. The van der Waals surface area contributed by atoms with Crippen molar-refractivity contribution in [2.75, 3.05) is 0 Å². The van der Waals surface area contributed by atoms with E-state index in [0.717, 1.165) is 0 Å². The van der Waals surface area contributed by atoms with E-state index >= 15 is 0 Å². The molecule has 1 heterocycles. The van der Waals surface area contributed by atoms with Crippen LogP contribution in [0.4, 0.5) is 0 Å². The molecule has 0 amide bonds. The van der Waals surface area contributed by atoms with Crippen molar-refractivity contribution in [3.63, 3.8) is 0 Å². The molecule has 0 unspecified atom stereocenters. The Balaban J connectivity index is 2.13. The topological polar surface area (TPSA) is 7.76 Å². The van der Waals surface area contributed by atoms with Crippen molar-refractivity contribution in [2.45, 2.75) is 27.7 Å². The van der Waals surface area contributed by atoms with E-state index in [1.807, 2.05) is 0 Å². The van der Waals surface area contributed by atoms with Crippen molar-refractivity contribution in [1.29, 1.82) is 0 Å². The van der Waals surface area contributed by atoms with Crippen molar-refractivity contribution in [1.82, 2.24) is 0 Å². The van der Waals surface area contributed by atoms with Crippen LogP contribution in [-0.4, -0.2) is 15.0 Å². The van der Waals surface area contributed by atoms with Crippen LogP contribution in [0.3, 0.4) is 0 Å². The van der Waals surface area contributed by atoms with Crippen LogP contribution >= 0.6 is 0 Å². The fraction of sp³-hybridized carbons (Fsp3) is 0.222. The van der Waals surface area contributed by atoms with Gasteiger partial charge in [-0.15, -0.1) is 0 Å². The molecular formula is C18H20N2Se+2. The SMILES string of the molecule is Cc1cccc(C)c1-[n+]1cc[n+](-c2c(C)cccc2C)[se]1. The number of nitrogens with zero attached hydrogens (tertiary/aromatic N) is 2. The fourth-order valence-corrected chi connectivity index (χ4v) is 5.21. The summed E-state index contributed by atoms with van der Waals surface area (Å²) in [5, 5.41) is 0. The summed E-state index contributed by atoms with van der Waals surface area (Å²) in [6.45, 7) is 8.75. The van der Waals surface area contributed by atoms with E-state index < -0.39 is 0 Å². The molecule has 0 aliphatic heterocycles. The van der Waals surface area contributed by atoms with E-state index in [-0.39, 0.29) is 15.0 Å². The van der Waals surface area contributed by atoms with Crippen LogP contribution in [0.25, 0.3) is 11.4 Å². The quantitative estimate of drug-likeness (QED) is 0.632. The number of hydrogen-bond donors (Lipinski definition) is 0. The maximum atomic E-state index is 2.39. The predicted molar refractivity (Wildman–Crippen MR) is 85.4 cm³/mol. The molecule has 0 N–H and O–H groups in total. The first-order chi connectivity index (χ1) is 10.1. The minimum atomic E-state index is 0.230. The van der Waals surface area contributed by atoms with Gasteiger partial charge in [-0.1, -0.05) is 0 Å². The summed E-state index contributed by atoms with van der Waals surface area (Å²) in [5.41, 5.74) is 8.05. The third-order valence-corrected chi connectivity index (χ3v) is 5.85. The number of benzene rings is 2. The molecule has 3 heteroatoms. The van der Waals surface area contributed by atoms with Gasteiger partial charge < -0.3 is 0 Å². The maximum absolute atomic E-state index is 2.39. The Labute approximate surface area is 132 Å². The molecule has 21 heavy (non-hydrogen) atoms. The summed E-state index contributed by atoms with van der Waals surface area (Å²) in [4.78, 5) is 0. The summed E-state index contributed by atoms with van der Waals surface area (Å²) >= 11 is 0.230. The molecule has 2 nitrogen and oxygen atoms in total. The van der Waals surface area contributed by atoms with Gasteiger partial charge in [-0.05, 0) is 0 Å². The van der Waals surface area contributed by atoms with E-state index in [0.29, 0.717) is 0 Å². The van der Waals surface area contributed by atoms with Gasteiger partial charge in [0.05, 0.1) is 0 Å². The predicted octanol–water partition coefficient (Wildman–Crippen LogP) is 2.53. The molecule has 0 aliphatic carbocycles.